The van der Waals surface area contributed by atoms with Crippen LogP contribution in [-0.4, -0.2) is 226 Å². The fourth-order valence-electron chi connectivity index (χ4n) is 7.46. The van der Waals surface area contributed by atoms with Gasteiger partial charge in [0.05, 0.1) is 23.3 Å². The molecule has 0 spiro atoms. The van der Waals surface area contributed by atoms with E-state index >= 15 is 0 Å². The standard InChI is InChI=1S/C44H16F62O6/c45-15(46,17(49,50)19(53,54)21(57,58)23(61,62)25(65,66)27(69,70)29(73,74)31(77,78)33(81,82)35(85,86)37(89,90)39(93,94)41(97,98)43(101,102)103)5-9(107)7-111-13(109)11-3-1-2-4-12(11)14(110)112-8-10(108)6-16(47,48)18(51,52)20(55,56)22(59,60)24(63,64)26(67,68)28(71,72)30(75,76)32(79,80)34(83,84)36(87,88)38(91,92)40(95,96)42(99,100)44(104,105)106/h1-4,9-10,107-108H,5-8H2. The van der Waals surface area contributed by atoms with Crippen molar-refractivity contribution in [2.75, 3.05) is 13.2 Å². The minimum absolute atomic E-state index is 0.119. The molecule has 0 amide bonds. The van der Waals surface area contributed by atoms with Crippen LogP contribution in [0.2, 0.25) is 0 Å². The van der Waals surface area contributed by atoms with Crippen molar-refractivity contribution in [1.29, 1.82) is 0 Å². The second-order valence-electron chi connectivity index (χ2n) is 21.8. The van der Waals surface area contributed by atoms with Crippen LogP contribution in [0.25, 0.3) is 0 Å². The monoisotopic (exact) mass is 1820 g/mol. The minimum Gasteiger partial charge on any atom is -0.459 e. The fourth-order valence-corrected chi connectivity index (χ4v) is 7.46. The van der Waals surface area contributed by atoms with Gasteiger partial charge in [-0.2, -0.15) is 272 Å². The average Bonchev–Trinajstić information content (AvgIpc) is 0.672. The fraction of sp³-hybridized carbons (Fsp3) is 0.818. The maximum Gasteiger partial charge on any atom is 0.460 e. The van der Waals surface area contributed by atoms with Crippen LogP contribution in [0.15, 0.2) is 24.3 Å². The Hall–Kier alpha value is -6.26. The number of aliphatic hydroxyl groups is 2. The van der Waals surface area contributed by atoms with Crippen LogP contribution in [0.3, 0.4) is 0 Å². The van der Waals surface area contributed by atoms with Gasteiger partial charge in [0, 0.05) is 12.8 Å². The summed E-state index contributed by atoms with van der Waals surface area (Å²) in [6.07, 6.45) is -34.1. The summed E-state index contributed by atoms with van der Waals surface area (Å²) in [7, 11) is 0. The Kier molecular flexibility index (Phi) is 25.7. The highest BCUT2D eigenvalue weighted by Crippen LogP contribution is 2.73. The number of ether oxygens (including phenoxy) is 2. The molecule has 1 aromatic rings. The smallest absolute Gasteiger partial charge is 0.459 e. The Labute approximate surface area is 566 Å². The highest BCUT2D eigenvalue weighted by molar-refractivity contribution is 6.03. The van der Waals surface area contributed by atoms with E-state index in [1.165, 1.54) is 0 Å². The summed E-state index contributed by atoms with van der Waals surface area (Å²) in [5, 5.41) is 19.2. The van der Waals surface area contributed by atoms with Crippen molar-refractivity contribution in [2.45, 2.75) is 203 Å². The van der Waals surface area contributed by atoms with Crippen molar-refractivity contribution in [2.24, 2.45) is 0 Å². The molecular weight excluding hydrogens is 1800 g/mol. The number of rotatable bonds is 36. The predicted octanol–water partition coefficient (Wildman–Crippen LogP) is 20.4. The van der Waals surface area contributed by atoms with Crippen molar-refractivity contribution in [1.82, 2.24) is 0 Å². The average molecular weight is 1820 g/mol. The van der Waals surface area contributed by atoms with E-state index in [9.17, 15) is 292 Å². The minimum atomic E-state index is -10.4. The van der Waals surface area contributed by atoms with Crippen molar-refractivity contribution in [3.05, 3.63) is 35.4 Å². The number of carbonyl (C=O) groups is 2. The van der Waals surface area contributed by atoms with Crippen LogP contribution in [0.1, 0.15) is 33.6 Å². The van der Waals surface area contributed by atoms with Crippen LogP contribution in [0, 0.1) is 0 Å². The molecule has 662 valence electrons. The summed E-state index contributed by atoms with van der Waals surface area (Å²) in [5.41, 5.74) is -3.87. The van der Waals surface area contributed by atoms with Crippen LogP contribution < -0.4 is 0 Å². The molecule has 6 nitrogen and oxygen atoms in total. The third kappa shape index (κ3) is 13.5. The Balaban J connectivity index is 3.67. The number of alkyl halides is 62. The highest BCUT2D eigenvalue weighted by atomic mass is 19.5. The first-order chi connectivity index (χ1) is 47.8. The first kappa shape index (κ1) is 104. The van der Waals surface area contributed by atoms with Crippen LogP contribution in [0.4, 0.5) is 272 Å². The van der Waals surface area contributed by atoms with Gasteiger partial charge in [0.25, 0.3) is 0 Å². The molecule has 0 radical (unpaired) electrons. The number of hydrogen-bond donors (Lipinski definition) is 2. The van der Waals surface area contributed by atoms with Gasteiger partial charge in [-0.1, -0.05) is 12.1 Å². The van der Waals surface area contributed by atoms with Gasteiger partial charge in [0.1, 0.15) is 13.2 Å². The Morgan fingerprint density at radius 3 is 0.455 bits per heavy atom. The molecule has 0 aromatic heterocycles. The summed E-state index contributed by atoms with van der Waals surface area (Å²) >= 11 is 0. The van der Waals surface area contributed by atoms with E-state index in [1.807, 2.05) is 0 Å². The molecule has 1 rings (SSSR count). The number of hydrogen-bond acceptors (Lipinski definition) is 6. The third-order valence-electron chi connectivity index (χ3n) is 14.3. The van der Waals surface area contributed by atoms with Gasteiger partial charge < -0.3 is 19.7 Å². The summed E-state index contributed by atoms with van der Waals surface area (Å²) in [6, 6.07) is 0.247. The molecule has 0 fully saturated rings. The van der Waals surface area contributed by atoms with E-state index in [-0.39, 0.29) is 24.3 Å². The molecule has 2 atom stereocenters. The molecule has 1 aromatic carbocycles. The van der Waals surface area contributed by atoms with E-state index in [0.717, 1.165) is 0 Å². The van der Waals surface area contributed by atoms with Crippen molar-refractivity contribution >= 4 is 11.9 Å². The summed E-state index contributed by atoms with van der Waals surface area (Å²) in [6.45, 7) is -5.80. The van der Waals surface area contributed by atoms with Gasteiger partial charge >= 0.3 is 190 Å². The lowest BCUT2D eigenvalue weighted by molar-refractivity contribution is -0.489. The lowest BCUT2D eigenvalue weighted by atomic mass is 9.83. The summed E-state index contributed by atoms with van der Waals surface area (Å²) in [5.74, 6) is -281. The number of carbonyl (C=O) groups excluding carboxylic acids is 2. The zero-order chi connectivity index (χ0) is 91.5. The van der Waals surface area contributed by atoms with E-state index in [2.05, 4.69) is 9.47 Å². The quantitative estimate of drug-likeness (QED) is 0.0514. The lowest BCUT2D eigenvalue weighted by Crippen LogP contribution is -2.79. The van der Waals surface area contributed by atoms with Gasteiger partial charge in [-0.05, 0) is 12.1 Å². The first-order valence-corrected chi connectivity index (χ1v) is 25.3. The lowest BCUT2D eigenvalue weighted by Gasteiger charge is -2.46. The molecule has 0 heterocycles. The first-order valence-electron chi connectivity index (χ1n) is 25.3. The SMILES string of the molecule is O=C(OCC(O)CC(F)(F)C(F)(F)C(F)(F)C(F)(F)C(F)(F)C(F)(F)C(F)(F)C(F)(F)C(F)(F)C(F)(F)C(F)(F)C(F)(F)C(F)(F)C(F)(F)C(F)(F)F)c1ccccc1C(=O)OCC(O)CC(F)(F)C(F)(F)C(F)(F)C(F)(F)C(F)(F)C(F)(F)C(F)(F)C(F)(F)C(F)(F)C(F)(F)C(F)(F)C(F)(F)C(F)(F)C(F)(F)C(F)(F)F. The number of esters is 2. The van der Waals surface area contributed by atoms with E-state index in [0.29, 0.717) is 0 Å². The van der Waals surface area contributed by atoms with Crippen LogP contribution in [0.5, 0.6) is 0 Å². The van der Waals surface area contributed by atoms with E-state index in [4.69, 9.17) is 0 Å². The van der Waals surface area contributed by atoms with Gasteiger partial charge in [-0.25, -0.2) is 9.59 Å². The van der Waals surface area contributed by atoms with E-state index < -0.39 is 240 Å². The molecular formula is C44H16F62O6. The second-order valence-corrected chi connectivity index (χ2v) is 21.8. The summed E-state index contributed by atoms with van der Waals surface area (Å²) in [4.78, 5) is 25.1. The summed E-state index contributed by atoms with van der Waals surface area (Å²) < 4.78 is 870. The van der Waals surface area contributed by atoms with E-state index in [1.54, 1.807) is 0 Å². The maximum atomic E-state index is 14.6. The molecule has 2 unspecified atom stereocenters. The molecule has 0 aliphatic heterocycles. The Morgan fingerprint density at radius 2 is 0.330 bits per heavy atom. The molecule has 68 heteroatoms. The normalized spacial score (nSPS) is 17.1. The molecule has 0 aliphatic rings. The predicted molar refractivity (Wildman–Crippen MR) is 219 cm³/mol. The Bertz CT molecular complexity index is 3290. The molecule has 0 bridgehead atoms. The van der Waals surface area contributed by atoms with Gasteiger partial charge in [-0.15, -0.1) is 0 Å². The molecule has 2 N–H and O–H groups in total. The molecule has 112 heavy (non-hydrogen) atoms. The van der Waals surface area contributed by atoms with Crippen LogP contribution >= 0.6 is 0 Å². The van der Waals surface area contributed by atoms with Gasteiger partial charge in [0.2, 0.25) is 0 Å². The van der Waals surface area contributed by atoms with Crippen molar-refractivity contribution in [3.8, 4) is 0 Å². The number of halogens is 62. The molecule has 0 saturated carbocycles. The second kappa shape index (κ2) is 27.7. The van der Waals surface area contributed by atoms with Crippen LogP contribution in [-0.2, 0) is 9.47 Å². The topological polar surface area (TPSA) is 93.1 Å². The number of benzene rings is 1. The van der Waals surface area contributed by atoms with Gasteiger partial charge in [0.15, 0.2) is 0 Å². The Morgan fingerprint density at radius 1 is 0.214 bits per heavy atom. The molecule has 0 saturated heterocycles. The highest BCUT2D eigenvalue weighted by Gasteiger charge is 3.04. The third-order valence-corrected chi connectivity index (χ3v) is 14.3. The van der Waals surface area contributed by atoms with Crippen molar-refractivity contribution < 1.29 is 301 Å². The zero-order valence-corrected chi connectivity index (χ0v) is 49.3. The molecule has 0 aliphatic carbocycles. The van der Waals surface area contributed by atoms with Crippen molar-refractivity contribution in [3.63, 3.8) is 0 Å². The largest absolute Gasteiger partial charge is 0.460 e. The van der Waals surface area contributed by atoms with Gasteiger partial charge in [-0.3, -0.25) is 0 Å². The zero-order valence-electron chi connectivity index (χ0n) is 49.3. The maximum absolute atomic E-state index is 14.6. The number of aliphatic hydroxyl groups excluding tert-OH is 2.